The van der Waals surface area contributed by atoms with E-state index >= 15 is 0 Å². The highest BCUT2D eigenvalue weighted by atomic mass is 79.9. The van der Waals surface area contributed by atoms with E-state index in [1.165, 1.54) is 11.3 Å². The zero-order valence-electron chi connectivity index (χ0n) is 6.79. The van der Waals surface area contributed by atoms with Crippen molar-refractivity contribution >= 4 is 43.2 Å². The highest BCUT2D eigenvalue weighted by Gasteiger charge is 2.26. The zero-order valence-corrected chi connectivity index (χ0v) is 10.8. The van der Waals surface area contributed by atoms with Gasteiger partial charge in [0, 0.05) is 15.9 Å². The van der Waals surface area contributed by atoms with E-state index in [4.69, 9.17) is 0 Å². The van der Waals surface area contributed by atoms with Gasteiger partial charge in [-0.25, -0.2) is 0 Å². The quantitative estimate of drug-likeness (QED) is 0.869. The summed E-state index contributed by atoms with van der Waals surface area (Å²) in [6.07, 6.45) is -4.15. The molecule has 0 aliphatic heterocycles. The van der Waals surface area contributed by atoms with Crippen molar-refractivity contribution in [1.29, 1.82) is 0 Å². The molecular weight excluding hydrogens is 347 g/mol. The molecule has 1 N–H and O–H groups in total. The normalized spacial score (nSPS) is 12.1. The van der Waals surface area contributed by atoms with Crippen LogP contribution in [0.5, 0.6) is 0 Å². The van der Waals surface area contributed by atoms with E-state index in [0.29, 0.717) is 0 Å². The Hall–Kier alpha value is 0.410. The number of halogens is 5. The van der Waals surface area contributed by atoms with Crippen LogP contribution in [-0.4, -0.2) is 12.7 Å². The summed E-state index contributed by atoms with van der Waals surface area (Å²) in [7, 11) is 0. The summed E-state index contributed by atoms with van der Waals surface area (Å²) in [5.41, 5.74) is 0. The third-order valence-corrected chi connectivity index (χ3v) is 4.58. The molecule has 0 atom stereocenters. The zero-order chi connectivity index (χ0) is 10.8. The van der Waals surface area contributed by atoms with E-state index in [2.05, 4.69) is 37.2 Å². The van der Waals surface area contributed by atoms with E-state index in [1.807, 2.05) is 0 Å². The van der Waals surface area contributed by atoms with E-state index in [0.717, 1.165) is 13.1 Å². The molecule has 0 aliphatic rings. The van der Waals surface area contributed by atoms with Crippen molar-refractivity contribution in [3.8, 4) is 0 Å². The lowest BCUT2D eigenvalue weighted by Crippen LogP contribution is -2.27. The van der Waals surface area contributed by atoms with Crippen molar-refractivity contribution in [1.82, 2.24) is 5.32 Å². The largest absolute Gasteiger partial charge is 0.401 e. The Balaban J connectivity index is 2.39. The molecule has 7 heteroatoms. The summed E-state index contributed by atoms with van der Waals surface area (Å²) in [5.74, 6) is 0. The first kappa shape index (κ1) is 12.5. The first-order chi connectivity index (χ1) is 6.38. The molecule has 0 saturated heterocycles. The summed E-state index contributed by atoms with van der Waals surface area (Å²) in [4.78, 5) is 0.855. The predicted molar refractivity (Wildman–Crippen MR) is 57.5 cm³/mol. The molecule has 0 bridgehead atoms. The molecule has 1 aromatic rings. The minimum absolute atomic E-state index is 0.231. The van der Waals surface area contributed by atoms with Crippen LogP contribution in [0.25, 0.3) is 0 Å². The molecule has 0 aromatic carbocycles. The highest BCUT2D eigenvalue weighted by Crippen LogP contribution is 2.32. The fraction of sp³-hybridized carbons (Fsp3) is 0.429. The molecule has 1 nitrogen and oxygen atoms in total. The van der Waals surface area contributed by atoms with Crippen LogP contribution in [0.15, 0.2) is 14.3 Å². The van der Waals surface area contributed by atoms with Crippen molar-refractivity contribution in [2.75, 3.05) is 6.54 Å². The molecule has 80 valence electrons. The molecule has 1 rings (SSSR count). The maximum Gasteiger partial charge on any atom is 0.401 e. The first-order valence-corrected chi connectivity index (χ1v) is 6.00. The molecule has 0 spiro atoms. The van der Waals surface area contributed by atoms with Crippen LogP contribution in [-0.2, 0) is 6.54 Å². The van der Waals surface area contributed by atoms with Crippen LogP contribution in [0.2, 0.25) is 0 Å². The van der Waals surface area contributed by atoms with Crippen molar-refractivity contribution in [3.05, 3.63) is 19.2 Å². The number of rotatable bonds is 3. The minimum atomic E-state index is -4.15. The number of hydrogen-bond donors (Lipinski definition) is 1. The Kier molecular flexibility index (Phi) is 4.42. The van der Waals surface area contributed by atoms with Gasteiger partial charge in [-0.2, -0.15) is 13.2 Å². The third kappa shape index (κ3) is 4.29. The van der Waals surface area contributed by atoms with Crippen molar-refractivity contribution < 1.29 is 13.2 Å². The average molecular weight is 353 g/mol. The Morgan fingerprint density at radius 2 is 2.00 bits per heavy atom. The van der Waals surface area contributed by atoms with Gasteiger partial charge in [-0.3, -0.25) is 0 Å². The number of hydrogen-bond acceptors (Lipinski definition) is 2. The maximum atomic E-state index is 11.8. The van der Waals surface area contributed by atoms with Gasteiger partial charge in [-0.05, 0) is 37.9 Å². The molecule has 0 radical (unpaired) electrons. The van der Waals surface area contributed by atoms with Gasteiger partial charge in [-0.15, -0.1) is 11.3 Å². The Morgan fingerprint density at radius 3 is 2.43 bits per heavy atom. The van der Waals surface area contributed by atoms with Gasteiger partial charge in [0.1, 0.15) is 0 Å². The summed E-state index contributed by atoms with van der Waals surface area (Å²) in [5, 5.41) is 2.33. The Morgan fingerprint density at radius 1 is 1.36 bits per heavy atom. The molecule has 0 unspecified atom stereocenters. The van der Waals surface area contributed by atoms with Gasteiger partial charge in [0.05, 0.1) is 10.3 Å². The number of nitrogens with one attached hydrogen (secondary N) is 1. The van der Waals surface area contributed by atoms with Crippen LogP contribution in [0.4, 0.5) is 13.2 Å². The fourth-order valence-corrected chi connectivity index (χ4v) is 2.95. The second kappa shape index (κ2) is 4.96. The maximum absolute atomic E-state index is 11.8. The van der Waals surface area contributed by atoms with E-state index in [-0.39, 0.29) is 6.54 Å². The molecule has 1 aromatic heterocycles. The van der Waals surface area contributed by atoms with Crippen LogP contribution in [0.3, 0.4) is 0 Å². The number of alkyl halides is 3. The fourth-order valence-electron chi connectivity index (χ4n) is 0.806. The predicted octanol–water partition coefficient (Wildman–Crippen LogP) is 3.93. The van der Waals surface area contributed by atoms with E-state index < -0.39 is 12.7 Å². The Bertz CT molecular complexity index is 291. The van der Waals surface area contributed by atoms with Crippen LogP contribution < -0.4 is 5.32 Å². The molecule has 0 saturated carbocycles. The standard InChI is InChI=1S/C7H6Br2F3NS/c8-5-1-4(14-6(5)9)2-13-3-7(10,11)12/h1,13H,2-3H2. The van der Waals surface area contributed by atoms with Crippen LogP contribution >= 0.6 is 43.2 Å². The lowest BCUT2D eigenvalue weighted by molar-refractivity contribution is -0.125. The lowest BCUT2D eigenvalue weighted by Gasteiger charge is -2.06. The highest BCUT2D eigenvalue weighted by molar-refractivity contribution is 9.13. The SMILES string of the molecule is FC(F)(F)CNCc1cc(Br)c(Br)s1. The second-order valence-electron chi connectivity index (χ2n) is 2.55. The summed E-state index contributed by atoms with van der Waals surface area (Å²) >= 11 is 7.93. The molecular formula is C7H6Br2F3NS. The molecule has 0 fully saturated rings. The second-order valence-corrected chi connectivity index (χ2v) is 5.86. The monoisotopic (exact) mass is 351 g/mol. The summed E-state index contributed by atoms with van der Waals surface area (Å²) in [6, 6.07) is 1.79. The molecule has 0 amide bonds. The van der Waals surface area contributed by atoms with Crippen LogP contribution in [0.1, 0.15) is 4.88 Å². The van der Waals surface area contributed by atoms with Crippen molar-refractivity contribution in [2.24, 2.45) is 0 Å². The number of thiophene rings is 1. The van der Waals surface area contributed by atoms with Gasteiger partial charge in [0.2, 0.25) is 0 Å². The molecule has 1 heterocycles. The smallest absolute Gasteiger partial charge is 0.304 e. The van der Waals surface area contributed by atoms with Gasteiger partial charge in [0.15, 0.2) is 0 Å². The molecule has 14 heavy (non-hydrogen) atoms. The summed E-state index contributed by atoms with van der Waals surface area (Å²) in [6.45, 7) is -0.728. The minimum Gasteiger partial charge on any atom is -0.304 e. The van der Waals surface area contributed by atoms with Gasteiger partial charge in [0.25, 0.3) is 0 Å². The van der Waals surface area contributed by atoms with Crippen LogP contribution in [0, 0.1) is 0 Å². The third-order valence-electron chi connectivity index (χ3n) is 1.32. The van der Waals surface area contributed by atoms with Gasteiger partial charge >= 0.3 is 6.18 Å². The van der Waals surface area contributed by atoms with Crippen molar-refractivity contribution in [2.45, 2.75) is 12.7 Å². The van der Waals surface area contributed by atoms with Gasteiger partial charge < -0.3 is 5.32 Å². The lowest BCUT2D eigenvalue weighted by atomic mass is 10.4. The van der Waals surface area contributed by atoms with E-state index in [1.54, 1.807) is 6.07 Å². The topological polar surface area (TPSA) is 12.0 Å². The van der Waals surface area contributed by atoms with E-state index in [9.17, 15) is 13.2 Å². The Labute approximate surface area is 99.9 Å². The summed E-state index contributed by atoms with van der Waals surface area (Å²) < 4.78 is 37.1. The van der Waals surface area contributed by atoms with Crippen molar-refractivity contribution in [3.63, 3.8) is 0 Å². The van der Waals surface area contributed by atoms with Gasteiger partial charge in [-0.1, -0.05) is 0 Å². The average Bonchev–Trinajstić information content (AvgIpc) is 2.28. The molecule has 0 aliphatic carbocycles. The first-order valence-electron chi connectivity index (χ1n) is 3.59.